The fourth-order valence-corrected chi connectivity index (χ4v) is 3.68. The van der Waals surface area contributed by atoms with Gasteiger partial charge in [0.15, 0.2) is 0 Å². The zero-order valence-electron chi connectivity index (χ0n) is 7.80. The molecule has 0 bridgehead atoms. The SMILES string of the molecule is CN1CCCC2CC(CI)CC21. The summed E-state index contributed by atoms with van der Waals surface area (Å²) in [6.07, 6.45) is 5.93. The number of nitrogens with zero attached hydrogens (tertiary/aromatic N) is 1. The molecule has 70 valence electrons. The molecule has 3 atom stereocenters. The first-order valence-electron chi connectivity index (χ1n) is 5.07. The minimum atomic E-state index is 0.943. The number of piperidine rings is 1. The highest BCUT2D eigenvalue weighted by Crippen LogP contribution is 2.40. The monoisotopic (exact) mass is 279 g/mol. The Morgan fingerprint density at radius 3 is 2.92 bits per heavy atom. The maximum atomic E-state index is 2.60. The zero-order valence-corrected chi connectivity index (χ0v) is 9.96. The van der Waals surface area contributed by atoms with E-state index in [1.54, 1.807) is 0 Å². The van der Waals surface area contributed by atoms with Crippen LogP contribution >= 0.6 is 22.6 Å². The Kier molecular flexibility index (Phi) is 2.95. The van der Waals surface area contributed by atoms with Crippen molar-refractivity contribution in [3.05, 3.63) is 0 Å². The summed E-state index contributed by atoms with van der Waals surface area (Å²) in [6, 6.07) is 0.943. The molecule has 1 heterocycles. The van der Waals surface area contributed by atoms with Crippen LogP contribution in [-0.4, -0.2) is 29.0 Å². The Bertz CT molecular complexity index is 160. The molecule has 1 aliphatic carbocycles. The Morgan fingerprint density at radius 1 is 1.42 bits per heavy atom. The number of rotatable bonds is 1. The van der Waals surface area contributed by atoms with E-state index in [9.17, 15) is 0 Å². The molecule has 0 N–H and O–H groups in total. The van der Waals surface area contributed by atoms with Crippen molar-refractivity contribution < 1.29 is 0 Å². The van der Waals surface area contributed by atoms with Gasteiger partial charge >= 0.3 is 0 Å². The van der Waals surface area contributed by atoms with E-state index >= 15 is 0 Å². The van der Waals surface area contributed by atoms with Gasteiger partial charge in [-0.3, -0.25) is 0 Å². The van der Waals surface area contributed by atoms with E-state index in [1.807, 2.05) is 0 Å². The van der Waals surface area contributed by atoms with E-state index < -0.39 is 0 Å². The van der Waals surface area contributed by atoms with Crippen molar-refractivity contribution in [3.8, 4) is 0 Å². The third-order valence-corrected chi connectivity index (χ3v) is 4.87. The van der Waals surface area contributed by atoms with Crippen LogP contribution in [0.3, 0.4) is 0 Å². The second-order valence-corrected chi connectivity index (χ2v) is 5.32. The number of alkyl halides is 1. The van der Waals surface area contributed by atoms with Gasteiger partial charge in [-0.25, -0.2) is 0 Å². The van der Waals surface area contributed by atoms with Gasteiger partial charge in [0.1, 0.15) is 0 Å². The topological polar surface area (TPSA) is 3.24 Å². The van der Waals surface area contributed by atoms with Crippen LogP contribution in [0.5, 0.6) is 0 Å². The van der Waals surface area contributed by atoms with Crippen molar-refractivity contribution in [2.45, 2.75) is 31.7 Å². The van der Waals surface area contributed by atoms with Gasteiger partial charge in [0.25, 0.3) is 0 Å². The lowest BCUT2D eigenvalue weighted by Gasteiger charge is -2.34. The van der Waals surface area contributed by atoms with Gasteiger partial charge < -0.3 is 4.90 Å². The first-order chi connectivity index (χ1) is 5.81. The van der Waals surface area contributed by atoms with E-state index in [0.717, 1.165) is 17.9 Å². The molecule has 12 heavy (non-hydrogen) atoms. The number of likely N-dealkylation sites (tertiary alicyclic amines) is 1. The molecule has 1 nitrogen and oxygen atoms in total. The lowest BCUT2D eigenvalue weighted by molar-refractivity contribution is 0.144. The van der Waals surface area contributed by atoms with Crippen LogP contribution in [0.25, 0.3) is 0 Å². The third kappa shape index (κ3) is 1.65. The molecule has 0 amide bonds. The molecule has 1 aliphatic heterocycles. The average molecular weight is 279 g/mol. The fourth-order valence-electron chi connectivity index (χ4n) is 2.96. The van der Waals surface area contributed by atoms with Gasteiger partial charge in [0.2, 0.25) is 0 Å². The van der Waals surface area contributed by atoms with E-state index in [4.69, 9.17) is 0 Å². The second-order valence-electron chi connectivity index (χ2n) is 4.44. The van der Waals surface area contributed by atoms with Gasteiger partial charge in [0, 0.05) is 10.5 Å². The lowest BCUT2D eigenvalue weighted by atomic mass is 9.92. The van der Waals surface area contributed by atoms with Crippen molar-refractivity contribution in [2.24, 2.45) is 11.8 Å². The van der Waals surface area contributed by atoms with E-state index in [2.05, 4.69) is 34.5 Å². The first-order valence-corrected chi connectivity index (χ1v) is 6.60. The predicted octanol–water partition coefficient (Wildman–Crippen LogP) is 2.54. The van der Waals surface area contributed by atoms with Crippen LogP contribution in [0.4, 0.5) is 0 Å². The molecule has 0 aromatic carbocycles. The zero-order chi connectivity index (χ0) is 8.55. The first kappa shape index (κ1) is 9.25. The number of fused-ring (bicyclic) bond motifs is 1. The van der Waals surface area contributed by atoms with Crippen molar-refractivity contribution in [2.75, 3.05) is 18.0 Å². The summed E-state index contributed by atoms with van der Waals surface area (Å²) in [5.74, 6) is 2.07. The minimum absolute atomic E-state index is 0.943. The molecular formula is C10H18IN. The maximum Gasteiger partial charge on any atom is 0.0123 e. The van der Waals surface area contributed by atoms with Crippen molar-refractivity contribution in [1.29, 1.82) is 0 Å². The molecule has 2 rings (SSSR count). The van der Waals surface area contributed by atoms with Crippen molar-refractivity contribution >= 4 is 22.6 Å². The van der Waals surface area contributed by atoms with Gasteiger partial charge in [-0.2, -0.15) is 0 Å². The van der Waals surface area contributed by atoms with Gasteiger partial charge in [0.05, 0.1) is 0 Å². The lowest BCUT2D eigenvalue weighted by Crippen LogP contribution is -2.39. The van der Waals surface area contributed by atoms with Gasteiger partial charge in [-0.05, 0) is 51.1 Å². The molecule has 2 fully saturated rings. The van der Waals surface area contributed by atoms with Crippen LogP contribution in [-0.2, 0) is 0 Å². The average Bonchev–Trinajstić information content (AvgIpc) is 2.49. The molecule has 1 saturated carbocycles. The number of halogens is 1. The summed E-state index contributed by atoms with van der Waals surface area (Å²) >= 11 is 2.55. The Hall–Kier alpha value is 0.690. The van der Waals surface area contributed by atoms with E-state index in [1.165, 1.54) is 36.7 Å². The molecule has 3 unspecified atom stereocenters. The second kappa shape index (κ2) is 3.82. The molecule has 2 heteroatoms. The van der Waals surface area contributed by atoms with Crippen LogP contribution < -0.4 is 0 Å². The molecule has 2 aliphatic rings. The summed E-state index contributed by atoms with van der Waals surface area (Å²) in [5.41, 5.74) is 0. The molecule has 0 spiro atoms. The fraction of sp³-hybridized carbons (Fsp3) is 1.00. The Labute approximate surface area is 89.0 Å². The Balaban J connectivity index is 1.99. The standard InChI is InChI=1S/C10H18IN/c1-12-4-2-3-9-5-8(7-11)6-10(9)12/h8-10H,2-7H2,1H3. The molecule has 0 radical (unpaired) electrons. The quantitative estimate of drug-likeness (QED) is 0.526. The maximum absolute atomic E-state index is 2.60. The highest BCUT2D eigenvalue weighted by Gasteiger charge is 2.37. The normalized spacial score (nSPS) is 43.0. The van der Waals surface area contributed by atoms with Crippen molar-refractivity contribution in [1.82, 2.24) is 4.90 Å². The molecule has 0 aromatic rings. The Morgan fingerprint density at radius 2 is 2.25 bits per heavy atom. The molecule has 0 aromatic heterocycles. The summed E-state index contributed by atoms with van der Waals surface area (Å²) in [4.78, 5) is 2.60. The minimum Gasteiger partial charge on any atom is -0.303 e. The van der Waals surface area contributed by atoms with Gasteiger partial charge in [-0.1, -0.05) is 22.6 Å². The van der Waals surface area contributed by atoms with E-state index in [0.29, 0.717) is 0 Å². The number of hydrogen-bond donors (Lipinski definition) is 0. The molecule has 1 saturated heterocycles. The van der Waals surface area contributed by atoms with Gasteiger partial charge in [-0.15, -0.1) is 0 Å². The summed E-state index contributed by atoms with van der Waals surface area (Å²) in [5, 5.41) is 0. The highest BCUT2D eigenvalue weighted by atomic mass is 127. The number of hydrogen-bond acceptors (Lipinski definition) is 1. The van der Waals surface area contributed by atoms with Crippen LogP contribution in [0.15, 0.2) is 0 Å². The van der Waals surface area contributed by atoms with Crippen LogP contribution in [0, 0.1) is 11.8 Å². The summed E-state index contributed by atoms with van der Waals surface area (Å²) in [7, 11) is 2.31. The largest absolute Gasteiger partial charge is 0.303 e. The van der Waals surface area contributed by atoms with Crippen LogP contribution in [0.2, 0.25) is 0 Å². The summed E-state index contributed by atoms with van der Waals surface area (Å²) < 4.78 is 1.37. The smallest absolute Gasteiger partial charge is 0.0123 e. The van der Waals surface area contributed by atoms with E-state index in [-0.39, 0.29) is 0 Å². The summed E-state index contributed by atoms with van der Waals surface area (Å²) in [6.45, 7) is 1.34. The molecular weight excluding hydrogens is 261 g/mol. The van der Waals surface area contributed by atoms with Crippen molar-refractivity contribution in [3.63, 3.8) is 0 Å². The highest BCUT2D eigenvalue weighted by molar-refractivity contribution is 14.1. The van der Waals surface area contributed by atoms with Crippen LogP contribution in [0.1, 0.15) is 25.7 Å². The third-order valence-electron chi connectivity index (χ3n) is 3.63. The predicted molar refractivity (Wildman–Crippen MR) is 60.8 cm³/mol.